The predicted molar refractivity (Wildman–Crippen MR) is 118 cm³/mol. The van der Waals surface area contributed by atoms with Crippen LogP contribution in [0.2, 0.25) is 0 Å². The maximum absolute atomic E-state index is 12.9. The van der Waals surface area contributed by atoms with Crippen LogP contribution in [0.3, 0.4) is 0 Å². The Morgan fingerprint density at radius 3 is 2.61 bits per heavy atom. The first-order valence-electron chi connectivity index (χ1n) is 10.5. The molecule has 0 aromatic heterocycles. The monoisotopic (exact) mass is 473 g/mol. The number of aliphatic carboxylic acids is 1. The summed E-state index contributed by atoms with van der Waals surface area (Å²) in [6.45, 7) is 1.82. The molecule has 2 atom stereocenters. The second kappa shape index (κ2) is 9.65. The summed E-state index contributed by atoms with van der Waals surface area (Å²) < 4.78 is 5.23. The van der Waals surface area contributed by atoms with Gasteiger partial charge in [0.05, 0.1) is 5.92 Å². The van der Waals surface area contributed by atoms with E-state index < -0.39 is 29.2 Å². The molecule has 2 N–H and O–H groups in total. The summed E-state index contributed by atoms with van der Waals surface area (Å²) in [5, 5.41) is 15.7. The average molecular weight is 474 g/mol. The van der Waals surface area contributed by atoms with Crippen LogP contribution in [0.25, 0.3) is 0 Å². The Morgan fingerprint density at radius 1 is 1.24 bits per heavy atom. The van der Waals surface area contributed by atoms with E-state index in [1.54, 1.807) is 37.3 Å². The van der Waals surface area contributed by atoms with Gasteiger partial charge in [0.15, 0.2) is 5.71 Å². The minimum Gasteiger partial charge on any atom is -0.477 e. The molecule has 33 heavy (non-hydrogen) atoms. The van der Waals surface area contributed by atoms with E-state index in [0.717, 1.165) is 17.7 Å². The smallest absolute Gasteiger partial charge is 0.352 e. The lowest BCUT2D eigenvalue weighted by Gasteiger charge is -2.49. The average Bonchev–Trinajstić information content (AvgIpc) is 3.66. The predicted octanol–water partition coefficient (Wildman–Crippen LogP) is 1.12. The van der Waals surface area contributed by atoms with Crippen LogP contribution in [0.1, 0.15) is 25.3 Å². The number of nitrogens with one attached hydrogen (secondary N) is 1. The lowest BCUT2D eigenvalue weighted by atomic mass is 10.0. The summed E-state index contributed by atoms with van der Waals surface area (Å²) in [6.07, 6.45) is 1.56. The summed E-state index contributed by atoms with van der Waals surface area (Å²) in [5.74, 6) is -2.62. The van der Waals surface area contributed by atoms with Crippen molar-refractivity contribution in [3.63, 3.8) is 0 Å². The van der Waals surface area contributed by atoms with Gasteiger partial charge in [0, 0.05) is 16.9 Å². The number of thioether (sulfide) groups is 1. The minimum absolute atomic E-state index is 0.0196. The molecule has 3 aliphatic rings. The van der Waals surface area contributed by atoms with Crippen molar-refractivity contribution < 1.29 is 33.9 Å². The number of hydrogen-bond acceptors (Lipinski definition) is 8. The van der Waals surface area contributed by atoms with Crippen molar-refractivity contribution in [3.05, 3.63) is 47.2 Å². The van der Waals surface area contributed by atoms with E-state index in [0.29, 0.717) is 11.1 Å². The highest BCUT2D eigenvalue weighted by molar-refractivity contribution is 8.00. The number of esters is 1. The highest BCUT2D eigenvalue weighted by Gasteiger charge is 2.54. The Balaban J connectivity index is 1.47. The van der Waals surface area contributed by atoms with Crippen LogP contribution in [0.15, 0.2) is 46.8 Å². The molecule has 1 aromatic rings. The molecule has 1 saturated carbocycles. The van der Waals surface area contributed by atoms with Crippen LogP contribution in [0.5, 0.6) is 0 Å². The highest BCUT2D eigenvalue weighted by Crippen LogP contribution is 2.40. The third-order valence-corrected chi connectivity index (χ3v) is 6.72. The molecule has 1 aliphatic carbocycles. The standard InChI is InChI=1S/C22H23N3O7S/c1-2-32-24-15(12-6-4-3-5-7-12)18(26)23-16-19(27)25-17(21(28)29)14(11-33-20(16)25)10-31-22(30)13-8-9-13/h3-7,13,16,20H,2,8-11H2,1H3,(H,23,26)(H,28,29)/t16-,20-/m1/s1. The van der Waals surface area contributed by atoms with Crippen molar-refractivity contribution >= 4 is 41.2 Å². The first kappa shape index (κ1) is 22.8. The zero-order valence-electron chi connectivity index (χ0n) is 17.9. The molecule has 2 aliphatic heterocycles. The molecule has 11 heteroatoms. The zero-order chi connectivity index (χ0) is 23.5. The molecule has 174 valence electrons. The number of carboxylic acids is 1. The number of β-lactam (4-membered cyclic amide) rings is 1. The van der Waals surface area contributed by atoms with Gasteiger partial charge in [0.1, 0.15) is 30.3 Å². The normalized spacial score (nSPS) is 22.3. The molecule has 1 saturated heterocycles. The third-order valence-electron chi connectivity index (χ3n) is 5.38. The van der Waals surface area contributed by atoms with E-state index in [-0.39, 0.29) is 42.3 Å². The van der Waals surface area contributed by atoms with Crippen LogP contribution in [0, 0.1) is 5.92 Å². The first-order chi connectivity index (χ1) is 15.9. The van der Waals surface area contributed by atoms with E-state index in [2.05, 4.69) is 10.5 Å². The molecule has 1 aromatic carbocycles. The Morgan fingerprint density at radius 2 is 1.97 bits per heavy atom. The molecule has 10 nitrogen and oxygen atoms in total. The minimum atomic E-state index is -1.28. The summed E-state index contributed by atoms with van der Waals surface area (Å²) in [7, 11) is 0. The van der Waals surface area contributed by atoms with E-state index in [1.807, 2.05) is 0 Å². The van der Waals surface area contributed by atoms with Gasteiger partial charge >= 0.3 is 11.9 Å². The molecular formula is C22H23N3O7S. The van der Waals surface area contributed by atoms with Gasteiger partial charge < -0.3 is 20.0 Å². The van der Waals surface area contributed by atoms with Crippen LogP contribution in [0.4, 0.5) is 0 Å². The number of nitrogens with zero attached hydrogens (tertiary/aromatic N) is 2. The van der Waals surface area contributed by atoms with Crippen molar-refractivity contribution in [3.8, 4) is 0 Å². The summed E-state index contributed by atoms with van der Waals surface area (Å²) >= 11 is 1.30. The maximum atomic E-state index is 12.9. The number of amides is 2. The van der Waals surface area contributed by atoms with Crippen LogP contribution in [-0.4, -0.2) is 69.9 Å². The number of ether oxygens (including phenoxy) is 1. The molecule has 2 fully saturated rings. The number of rotatable bonds is 9. The van der Waals surface area contributed by atoms with E-state index in [9.17, 15) is 24.3 Å². The number of fused-ring (bicyclic) bond motifs is 1. The quantitative estimate of drug-likeness (QED) is 0.236. The molecule has 0 unspecified atom stereocenters. The Bertz CT molecular complexity index is 1040. The molecule has 0 spiro atoms. The van der Waals surface area contributed by atoms with Gasteiger partial charge in [-0.15, -0.1) is 11.8 Å². The second-order valence-electron chi connectivity index (χ2n) is 7.72. The van der Waals surface area contributed by atoms with Crippen LogP contribution in [-0.2, 0) is 28.8 Å². The number of benzene rings is 1. The van der Waals surface area contributed by atoms with Gasteiger partial charge in [-0.2, -0.15) is 0 Å². The summed E-state index contributed by atoms with van der Waals surface area (Å²) in [6, 6.07) is 7.77. The summed E-state index contributed by atoms with van der Waals surface area (Å²) in [5.41, 5.74) is 0.711. The number of oxime groups is 1. The van der Waals surface area contributed by atoms with Gasteiger partial charge in [-0.3, -0.25) is 19.3 Å². The van der Waals surface area contributed by atoms with E-state index >= 15 is 0 Å². The zero-order valence-corrected chi connectivity index (χ0v) is 18.7. The lowest BCUT2D eigenvalue weighted by molar-refractivity contribution is -0.150. The van der Waals surface area contributed by atoms with Crippen molar-refractivity contribution in [2.75, 3.05) is 19.0 Å². The highest BCUT2D eigenvalue weighted by atomic mass is 32.2. The fraction of sp³-hybridized carbons (Fsp3) is 0.409. The molecule has 2 heterocycles. The largest absolute Gasteiger partial charge is 0.477 e. The van der Waals surface area contributed by atoms with Gasteiger partial charge in [-0.25, -0.2) is 4.79 Å². The fourth-order valence-corrected chi connectivity index (χ4v) is 4.88. The molecule has 2 amide bonds. The van der Waals surface area contributed by atoms with E-state index in [4.69, 9.17) is 9.57 Å². The molecular weight excluding hydrogens is 450 g/mol. The molecule has 0 radical (unpaired) electrons. The van der Waals surface area contributed by atoms with Crippen molar-refractivity contribution in [1.29, 1.82) is 0 Å². The number of carbonyl (C=O) groups is 4. The van der Waals surface area contributed by atoms with Crippen molar-refractivity contribution in [1.82, 2.24) is 10.2 Å². The second-order valence-corrected chi connectivity index (χ2v) is 8.83. The first-order valence-corrected chi connectivity index (χ1v) is 11.6. The van der Waals surface area contributed by atoms with Gasteiger partial charge in [0.25, 0.3) is 11.8 Å². The Hall–Kier alpha value is -3.34. The Labute approximate surface area is 194 Å². The topological polar surface area (TPSA) is 135 Å². The summed E-state index contributed by atoms with van der Waals surface area (Å²) in [4.78, 5) is 55.7. The van der Waals surface area contributed by atoms with Gasteiger partial charge in [-0.05, 0) is 19.8 Å². The Kier molecular flexibility index (Phi) is 6.68. The lowest BCUT2D eigenvalue weighted by Crippen LogP contribution is -2.71. The SMILES string of the molecule is CCON=C(C(=O)N[C@@H]1C(=O)N2C(C(=O)O)=C(COC(=O)C3CC3)CS[C@H]12)c1ccccc1. The number of hydrogen-bond donors (Lipinski definition) is 2. The number of carboxylic acid groups (broad SMARTS) is 1. The third kappa shape index (κ3) is 4.72. The maximum Gasteiger partial charge on any atom is 0.352 e. The van der Waals surface area contributed by atoms with Crippen molar-refractivity contribution in [2.24, 2.45) is 11.1 Å². The number of carbonyl (C=O) groups excluding carboxylic acids is 3. The van der Waals surface area contributed by atoms with Crippen molar-refractivity contribution in [2.45, 2.75) is 31.2 Å². The van der Waals surface area contributed by atoms with E-state index in [1.165, 1.54) is 11.8 Å². The van der Waals surface area contributed by atoms with Gasteiger partial charge in [0.2, 0.25) is 0 Å². The molecule has 4 rings (SSSR count). The van der Waals surface area contributed by atoms with Gasteiger partial charge in [-0.1, -0.05) is 35.5 Å². The fourth-order valence-electron chi connectivity index (χ4n) is 3.55. The van der Waals surface area contributed by atoms with Crippen LogP contribution >= 0.6 is 11.8 Å². The molecule has 0 bridgehead atoms. The van der Waals surface area contributed by atoms with Crippen LogP contribution < -0.4 is 5.32 Å².